The van der Waals surface area contributed by atoms with E-state index in [9.17, 15) is 0 Å². The molecule has 0 aromatic rings. The van der Waals surface area contributed by atoms with E-state index in [4.69, 9.17) is 0 Å². The third-order valence-electron chi connectivity index (χ3n) is 4.06. The molecule has 0 rings (SSSR count). The van der Waals surface area contributed by atoms with Gasteiger partial charge in [0.2, 0.25) is 0 Å². The molecule has 0 amide bonds. The summed E-state index contributed by atoms with van der Waals surface area (Å²) in [5.74, 6) is 0. The predicted octanol–water partition coefficient (Wildman–Crippen LogP) is 7.76. The van der Waals surface area contributed by atoms with E-state index in [1.54, 1.807) is 0 Å². The molecule has 0 aliphatic rings. The largest absolute Gasteiger partial charge is 0.124 e. The van der Waals surface area contributed by atoms with E-state index >= 15 is 0 Å². The summed E-state index contributed by atoms with van der Waals surface area (Å²) in [5, 5.41) is 0. The lowest BCUT2D eigenvalue weighted by Crippen LogP contribution is -1.97. The molecule has 0 bridgehead atoms. The van der Waals surface area contributed by atoms with Gasteiger partial charge in [-0.2, -0.15) is 0 Å². The highest BCUT2D eigenvalue weighted by Crippen LogP contribution is 2.40. The first-order chi connectivity index (χ1) is 10.1. The number of hydrogen-bond acceptors (Lipinski definition) is 0. The molecular weight excluding hydrogens is 625 g/mol. The molecule has 0 nitrogen and oxygen atoms in total. The first-order valence-corrected chi connectivity index (χ1v) is 12.4. The molecule has 136 valence electrons. The molecule has 0 aliphatic carbocycles. The lowest BCUT2D eigenvalue weighted by Gasteiger charge is -2.11. The van der Waals surface area contributed by atoms with E-state index in [0.29, 0.717) is -0.565 Å². The minimum absolute atomic E-state index is 0. The van der Waals surface area contributed by atoms with Gasteiger partial charge < -0.3 is 0 Å². The molecule has 0 heterocycles. The van der Waals surface area contributed by atoms with Gasteiger partial charge >= 0.3 is 0 Å². The second kappa shape index (κ2) is 19.7. The van der Waals surface area contributed by atoms with Crippen molar-refractivity contribution in [3.05, 3.63) is 0 Å². The lowest BCUT2D eigenvalue weighted by molar-refractivity contribution is 0.531. The van der Waals surface area contributed by atoms with E-state index in [0.717, 1.165) is 0 Å². The first-order valence-electron chi connectivity index (χ1n) is 9.13. The molecule has 0 radical (unpaired) electrons. The summed E-state index contributed by atoms with van der Waals surface area (Å²) in [7, 11) is 0. The Labute approximate surface area is 186 Å². The Morgan fingerprint density at radius 2 is 0.773 bits per heavy atom. The molecule has 4 heteroatoms. The van der Waals surface area contributed by atoms with Gasteiger partial charge in [0, 0.05) is 0 Å². The Bertz CT molecular complexity index is 205. The molecule has 0 aromatic carbocycles. The van der Waals surface area contributed by atoms with Gasteiger partial charge in [-0.3, -0.25) is 0 Å². The van der Waals surface area contributed by atoms with Crippen molar-refractivity contribution in [2.75, 3.05) is 0 Å². The van der Waals surface area contributed by atoms with Crippen LogP contribution in [0.1, 0.15) is 110 Å². The summed E-state index contributed by atoms with van der Waals surface area (Å²) in [6, 6.07) is 0. The van der Waals surface area contributed by atoms with Crippen molar-refractivity contribution in [3.8, 4) is 0 Å². The SMILES string of the molecule is CCCCCCCCCCCCCCCCCC(I)(I)I.[SiH4]. The molecular formula is C18H39I3Si. The Morgan fingerprint density at radius 3 is 1.05 bits per heavy atom. The standard InChI is InChI=1S/C18H35I3.H4Si/c1-2-3-4-5-6-7-8-9-10-11-12-13-14-15-16-17-18(19,20)21;/h2-17H2,1H3;1H4. The first kappa shape index (κ1) is 26.6. The molecule has 0 aliphatic heterocycles. The highest BCUT2D eigenvalue weighted by atomic mass is 127. The van der Waals surface area contributed by atoms with Crippen LogP contribution in [0.4, 0.5) is 0 Å². The van der Waals surface area contributed by atoms with Gasteiger partial charge in [-0.1, -0.05) is 171 Å². The van der Waals surface area contributed by atoms with Crippen molar-refractivity contribution in [2.24, 2.45) is 0 Å². The molecule has 0 atom stereocenters. The number of unbranched alkanes of at least 4 members (excludes halogenated alkanes) is 14. The third kappa shape index (κ3) is 24.7. The maximum atomic E-state index is 2.55. The molecule has 22 heavy (non-hydrogen) atoms. The van der Waals surface area contributed by atoms with Crippen LogP contribution in [0, 0.1) is 0 Å². The van der Waals surface area contributed by atoms with Crippen molar-refractivity contribution in [1.82, 2.24) is 0 Å². The summed E-state index contributed by atoms with van der Waals surface area (Å²) < 4.78 is 0.448. The number of hydrogen-bond donors (Lipinski definition) is 0. The highest BCUT2D eigenvalue weighted by molar-refractivity contribution is 14.3. The number of alkyl halides is 3. The molecule has 0 saturated carbocycles. The van der Waals surface area contributed by atoms with Crippen LogP contribution in [-0.2, 0) is 0 Å². The molecule has 0 aromatic heterocycles. The second-order valence-corrected chi connectivity index (χ2v) is 18.0. The smallest absolute Gasteiger partial charge is 0.0654 e. The average molecular weight is 664 g/mol. The van der Waals surface area contributed by atoms with Crippen LogP contribution >= 0.6 is 67.8 Å². The zero-order chi connectivity index (χ0) is 15.8. The van der Waals surface area contributed by atoms with Crippen molar-refractivity contribution < 1.29 is 0 Å². The van der Waals surface area contributed by atoms with Gasteiger partial charge in [0.05, 0.1) is 0 Å². The van der Waals surface area contributed by atoms with Gasteiger partial charge in [-0.05, 0) is 17.4 Å². The summed E-state index contributed by atoms with van der Waals surface area (Å²) >= 11 is 7.65. The summed E-state index contributed by atoms with van der Waals surface area (Å²) in [5.41, 5.74) is 0. The van der Waals surface area contributed by atoms with Gasteiger partial charge in [0.25, 0.3) is 0 Å². The number of rotatable bonds is 16. The van der Waals surface area contributed by atoms with Gasteiger partial charge in [0.15, 0.2) is 0 Å². The summed E-state index contributed by atoms with van der Waals surface area (Å²) in [4.78, 5) is 0. The van der Waals surface area contributed by atoms with Gasteiger partial charge in [-0.15, -0.1) is 0 Å². The van der Waals surface area contributed by atoms with E-state index < -0.39 is 0 Å². The Morgan fingerprint density at radius 1 is 0.500 bits per heavy atom. The van der Waals surface area contributed by atoms with E-state index in [-0.39, 0.29) is 11.0 Å². The molecule has 0 fully saturated rings. The fourth-order valence-corrected chi connectivity index (χ4v) is 3.84. The predicted molar refractivity (Wildman–Crippen MR) is 136 cm³/mol. The zero-order valence-corrected chi connectivity index (χ0v) is 20.4. The molecule has 0 spiro atoms. The van der Waals surface area contributed by atoms with Crippen molar-refractivity contribution in [3.63, 3.8) is 0 Å². The Balaban J connectivity index is 0. The van der Waals surface area contributed by atoms with Crippen LogP contribution in [0.15, 0.2) is 0 Å². The summed E-state index contributed by atoms with van der Waals surface area (Å²) in [6.07, 6.45) is 23.2. The number of halogens is 3. The Kier molecular flexibility index (Phi) is 23.9. The van der Waals surface area contributed by atoms with E-state index in [1.165, 1.54) is 103 Å². The third-order valence-corrected chi connectivity index (χ3v) is 5.68. The van der Waals surface area contributed by atoms with Crippen LogP contribution in [0.2, 0.25) is 0 Å². The fourth-order valence-electron chi connectivity index (χ4n) is 2.70. The van der Waals surface area contributed by atoms with E-state index in [1.807, 2.05) is 0 Å². The average Bonchev–Trinajstić information content (AvgIpc) is 2.42. The highest BCUT2D eigenvalue weighted by Gasteiger charge is 2.15. The van der Waals surface area contributed by atoms with Crippen LogP contribution in [0.3, 0.4) is 0 Å². The van der Waals surface area contributed by atoms with Crippen LogP contribution < -0.4 is 0 Å². The second-order valence-electron chi connectivity index (χ2n) is 6.31. The van der Waals surface area contributed by atoms with Crippen LogP contribution in [0.25, 0.3) is 0 Å². The quantitative estimate of drug-likeness (QED) is 0.0686. The minimum atomic E-state index is 0. The lowest BCUT2D eigenvalue weighted by atomic mass is 10.0. The fraction of sp³-hybridized carbons (Fsp3) is 1.00. The molecule has 0 unspecified atom stereocenters. The normalized spacial score (nSPS) is 11.5. The minimum Gasteiger partial charge on any atom is -0.0654 e. The van der Waals surface area contributed by atoms with Gasteiger partial charge in [0.1, 0.15) is -0.565 Å². The Hall–Kier alpha value is 2.41. The van der Waals surface area contributed by atoms with Gasteiger partial charge in [-0.25, -0.2) is 0 Å². The summed E-state index contributed by atoms with van der Waals surface area (Å²) in [6.45, 7) is 2.30. The monoisotopic (exact) mass is 664 g/mol. The zero-order valence-electron chi connectivity index (χ0n) is 13.9. The van der Waals surface area contributed by atoms with Crippen molar-refractivity contribution >= 4 is 78.7 Å². The maximum absolute atomic E-state index is 2.55. The van der Waals surface area contributed by atoms with Crippen LogP contribution in [0.5, 0.6) is 0 Å². The van der Waals surface area contributed by atoms with Crippen molar-refractivity contribution in [2.45, 2.75) is 109 Å². The van der Waals surface area contributed by atoms with Crippen LogP contribution in [-0.4, -0.2) is 10.4 Å². The molecule has 0 N–H and O–H groups in total. The van der Waals surface area contributed by atoms with E-state index in [2.05, 4.69) is 74.7 Å². The molecule has 0 saturated heterocycles. The topological polar surface area (TPSA) is 0 Å². The van der Waals surface area contributed by atoms with Crippen molar-refractivity contribution in [1.29, 1.82) is 0 Å². The maximum Gasteiger partial charge on any atom is 0.124 e.